The van der Waals surface area contributed by atoms with Crippen molar-refractivity contribution in [2.75, 3.05) is 12.4 Å². The van der Waals surface area contributed by atoms with Crippen molar-refractivity contribution in [1.29, 1.82) is 0 Å². The number of amides is 1. The molecule has 104 valence electrons. The number of nitrogens with zero attached hydrogens (tertiary/aromatic N) is 1. The van der Waals surface area contributed by atoms with Gasteiger partial charge in [0, 0.05) is 0 Å². The van der Waals surface area contributed by atoms with Crippen LogP contribution in [0.4, 0.5) is 5.69 Å². The predicted octanol–water partition coefficient (Wildman–Crippen LogP) is 2.52. The van der Waals surface area contributed by atoms with Crippen LogP contribution in [0, 0.1) is 0 Å². The normalized spacial score (nSPS) is 11.8. The molecule has 1 unspecified atom stereocenters. The number of anilines is 1. The standard InChI is InChI=1S/C14H13BrN2O3/c1-20-11-4-2-3-9(7-11)13(18)14(19)17-10-5-6-12(15)16-8-10/h2-8,13,18H,1H3,(H,17,19). The number of aliphatic hydroxyl groups excluding tert-OH is 1. The monoisotopic (exact) mass is 336 g/mol. The molecule has 0 radical (unpaired) electrons. The van der Waals surface area contributed by atoms with Crippen molar-refractivity contribution in [3.63, 3.8) is 0 Å². The number of benzene rings is 1. The van der Waals surface area contributed by atoms with Gasteiger partial charge in [-0.25, -0.2) is 4.98 Å². The molecule has 5 nitrogen and oxygen atoms in total. The van der Waals surface area contributed by atoms with E-state index in [1.54, 1.807) is 36.4 Å². The Hall–Kier alpha value is -1.92. The van der Waals surface area contributed by atoms with Crippen LogP contribution in [0.5, 0.6) is 5.75 Å². The summed E-state index contributed by atoms with van der Waals surface area (Å²) in [6.07, 6.45) is 0.231. The third-order valence-electron chi connectivity index (χ3n) is 2.65. The number of methoxy groups -OCH3 is 1. The number of hydrogen-bond acceptors (Lipinski definition) is 4. The number of pyridine rings is 1. The van der Waals surface area contributed by atoms with Gasteiger partial charge in [-0.15, -0.1) is 0 Å². The van der Waals surface area contributed by atoms with E-state index in [-0.39, 0.29) is 0 Å². The second-order valence-electron chi connectivity index (χ2n) is 4.04. The van der Waals surface area contributed by atoms with Crippen molar-refractivity contribution in [3.05, 3.63) is 52.8 Å². The Labute approximate surface area is 124 Å². The Morgan fingerprint density at radius 2 is 2.20 bits per heavy atom. The summed E-state index contributed by atoms with van der Waals surface area (Å²) in [6, 6.07) is 10.1. The fourth-order valence-electron chi connectivity index (χ4n) is 1.62. The third kappa shape index (κ3) is 3.55. The summed E-state index contributed by atoms with van der Waals surface area (Å²) in [5.74, 6) is 0.0574. The lowest BCUT2D eigenvalue weighted by molar-refractivity contribution is -0.124. The fraction of sp³-hybridized carbons (Fsp3) is 0.143. The van der Waals surface area contributed by atoms with E-state index >= 15 is 0 Å². The number of aromatic nitrogens is 1. The highest BCUT2D eigenvalue weighted by atomic mass is 79.9. The van der Waals surface area contributed by atoms with Crippen LogP contribution >= 0.6 is 15.9 Å². The van der Waals surface area contributed by atoms with Crippen molar-refractivity contribution in [1.82, 2.24) is 4.98 Å². The van der Waals surface area contributed by atoms with Gasteiger partial charge in [0.05, 0.1) is 19.0 Å². The van der Waals surface area contributed by atoms with Crippen LogP contribution in [0.25, 0.3) is 0 Å². The molecule has 20 heavy (non-hydrogen) atoms. The van der Waals surface area contributed by atoms with Crippen LogP contribution in [0.15, 0.2) is 47.2 Å². The molecule has 1 aromatic heterocycles. The van der Waals surface area contributed by atoms with Gasteiger partial charge < -0.3 is 15.2 Å². The Morgan fingerprint density at radius 3 is 2.85 bits per heavy atom. The first-order valence-corrected chi connectivity index (χ1v) is 6.64. The van der Waals surface area contributed by atoms with E-state index in [1.165, 1.54) is 13.3 Å². The first-order chi connectivity index (χ1) is 9.60. The number of rotatable bonds is 4. The summed E-state index contributed by atoms with van der Waals surface area (Å²) in [5, 5.41) is 12.6. The van der Waals surface area contributed by atoms with Crippen LogP contribution in [-0.2, 0) is 4.79 Å². The Kier molecular flexibility index (Phi) is 4.70. The molecule has 2 aromatic rings. The van der Waals surface area contributed by atoms with E-state index in [0.29, 0.717) is 21.6 Å². The molecule has 0 fully saturated rings. The van der Waals surface area contributed by atoms with Gasteiger partial charge in [0.2, 0.25) is 0 Å². The molecule has 1 amide bonds. The SMILES string of the molecule is COc1cccc(C(O)C(=O)Nc2ccc(Br)nc2)c1. The van der Waals surface area contributed by atoms with Crippen molar-refractivity contribution in [2.45, 2.75) is 6.10 Å². The summed E-state index contributed by atoms with van der Waals surface area (Å²) in [7, 11) is 1.53. The zero-order chi connectivity index (χ0) is 14.5. The zero-order valence-electron chi connectivity index (χ0n) is 10.7. The number of halogens is 1. The van der Waals surface area contributed by atoms with E-state index in [0.717, 1.165) is 0 Å². The van der Waals surface area contributed by atoms with Crippen LogP contribution in [0.3, 0.4) is 0 Å². The van der Waals surface area contributed by atoms with Gasteiger partial charge >= 0.3 is 0 Å². The van der Waals surface area contributed by atoms with Crippen molar-refractivity contribution in [2.24, 2.45) is 0 Å². The number of nitrogens with one attached hydrogen (secondary N) is 1. The molecule has 0 aliphatic carbocycles. The van der Waals surface area contributed by atoms with Gasteiger partial charge in [-0.2, -0.15) is 0 Å². The van der Waals surface area contributed by atoms with E-state index < -0.39 is 12.0 Å². The zero-order valence-corrected chi connectivity index (χ0v) is 12.3. The van der Waals surface area contributed by atoms with E-state index in [1.807, 2.05) is 0 Å². The van der Waals surface area contributed by atoms with Crippen LogP contribution in [0.1, 0.15) is 11.7 Å². The van der Waals surface area contributed by atoms with Crippen molar-refractivity contribution >= 4 is 27.5 Å². The molecular formula is C14H13BrN2O3. The smallest absolute Gasteiger partial charge is 0.257 e. The van der Waals surface area contributed by atoms with Crippen molar-refractivity contribution < 1.29 is 14.6 Å². The van der Waals surface area contributed by atoms with E-state index in [9.17, 15) is 9.90 Å². The molecule has 0 spiro atoms. The number of aliphatic hydroxyl groups is 1. The molecule has 0 bridgehead atoms. The average molecular weight is 337 g/mol. The Bertz CT molecular complexity index is 602. The molecule has 0 aliphatic heterocycles. The van der Waals surface area contributed by atoms with Gasteiger partial charge in [-0.1, -0.05) is 12.1 Å². The number of ether oxygens (including phenoxy) is 1. The molecule has 2 N–H and O–H groups in total. The molecule has 6 heteroatoms. The molecule has 1 heterocycles. The first kappa shape index (κ1) is 14.5. The summed E-state index contributed by atoms with van der Waals surface area (Å²) in [6.45, 7) is 0. The lowest BCUT2D eigenvalue weighted by Gasteiger charge is -2.12. The summed E-state index contributed by atoms with van der Waals surface area (Å²) in [4.78, 5) is 15.9. The first-order valence-electron chi connectivity index (χ1n) is 5.84. The molecule has 1 aromatic carbocycles. The molecular weight excluding hydrogens is 324 g/mol. The highest BCUT2D eigenvalue weighted by Crippen LogP contribution is 2.20. The van der Waals surface area contributed by atoms with Crippen LogP contribution in [0.2, 0.25) is 0 Å². The topological polar surface area (TPSA) is 71.5 Å². The molecule has 0 aliphatic rings. The lowest BCUT2D eigenvalue weighted by atomic mass is 10.1. The summed E-state index contributed by atoms with van der Waals surface area (Å²) >= 11 is 3.21. The molecule has 2 rings (SSSR count). The predicted molar refractivity (Wildman–Crippen MR) is 78.5 cm³/mol. The highest BCUT2D eigenvalue weighted by molar-refractivity contribution is 9.10. The maximum Gasteiger partial charge on any atom is 0.257 e. The van der Waals surface area contributed by atoms with Crippen LogP contribution in [-0.4, -0.2) is 23.1 Å². The van der Waals surface area contributed by atoms with Crippen LogP contribution < -0.4 is 10.1 Å². The Balaban J connectivity index is 2.09. The third-order valence-corrected chi connectivity index (χ3v) is 3.12. The second kappa shape index (κ2) is 6.49. The maximum absolute atomic E-state index is 12.0. The second-order valence-corrected chi connectivity index (χ2v) is 4.85. The molecule has 0 saturated heterocycles. The largest absolute Gasteiger partial charge is 0.497 e. The van der Waals surface area contributed by atoms with Gasteiger partial charge in [-0.05, 0) is 45.8 Å². The minimum Gasteiger partial charge on any atom is -0.497 e. The molecule has 1 atom stereocenters. The van der Waals surface area contributed by atoms with Gasteiger partial charge in [0.15, 0.2) is 6.10 Å². The molecule has 0 saturated carbocycles. The summed E-state index contributed by atoms with van der Waals surface area (Å²) < 4.78 is 5.73. The van der Waals surface area contributed by atoms with Crippen molar-refractivity contribution in [3.8, 4) is 5.75 Å². The fourth-order valence-corrected chi connectivity index (χ4v) is 1.86. The quantitative estimate of drug-likeness (QED) is 0.841. The van der Waals surface area contributed by atoms with Gasteiger partial charge in [0.1, 0.15) is 10.4 Å². The lowest BCUT2D eigenvalue weighted by Crippen LogP contribution is -2.20. The maximum atomic E-state index is 12.0. The number of carbonyl (C=O) groups excluding carboxylic acids is 1. The minimum absolute atomic E-state index is 0.465. The summed E-state index contributed by atoms with van der Waals surface area (Å²) in [5.41, 5.74) is 0.979. The average Bonchev–Trinajstić information content (AvgIpc) is 2.48. The highest BCUT2D eigenvalue weighted by Gasteiger charge is 2.18. The number of carbonyl (C=O) groups is 1. The van der Waals surface area contributed by atoms with E-state index in [4.69, 9.17) is 4.74 Å². The Morgan fingerprint density at radius 1 is 1.40 bits per heavy atom. The number of hydrogen-bond donors (Lipinski definition) is 2. The van der Waals surface area contributed by atoms with E-state index in [2.05, 4.69) is 26.2 Å². The van der Waals surface area contributed by atoms with Gasteiger partial charge in [0.25, 0.3) is 5.91 Å². The minimum atomic E-state index is -1.27. The van der Waals surface area contributed by atoms with Gasteiger partial charge in [-0.3, -0.25) is 4.79 Å².